The Hall–Kier alpha value is -1.99. The lowest BCUT2D eigenvalue weighted by atomic mass is 10.3. The Kier molecular flexibility index (Phi) is 5.24. The van der Waals surface area contributed by atoms with Gasteiger partial charge in [0.1, 0.15) is 16.1 Å². The number of carbonyl (C=O) groups excluding carboxylic acids is 1. The summed E-state index contributed by atoms with van der Waals surface area (Å²) in [6, 6.07) is 3.77. The van der Waals surface area contributed by atoms with Crippen molar-refractivity contribution in [3.63, 3.8) is 0 Å². The fourth-order valence-electron chi connectivity index (χ4n) is 1.70. The molecule has 0 saturated carbocycles. The van der Waals surface area contributed by atoms with Crippen LogP contribution in [0.1, 0.15) is 12.6 Å². The molecule has 0 fully saturated rings. The molecule has 2 aromatic rings. The summed E-state index contributed by atoms with van der Waals surface area (Å²) in [5.74, 6) is 0. The van der Waals surface area contributed by atoms with Crippen LogP contribution in [0.25, 0.3) is 10.6 Å². The number of amides is 1. The van der Waals surface area contributed by atoms with Crippen molar-refractivity contribution in [3.8, 4) is 10.6 Å². The smallest absolute Gasteiger partial charge is 0.412 e. The lowest BCUT2D eigenvalue weighted by Crippen LogP contribution is -2.23. The minimum Gasteiger partial charge on any atom is -0.444 e. The molecule has 6 nitrogen and oxygen atoms in total. The Morgan fingerprint density at radius 3 is 3.00 bits per heavy atom. The van der Waals surface area contributed by atoms with E-state index in [1.54, 1.807) is 26.4 Å². The number of pyridine rings is 1. The summed E-state index contributed by atoms with van der Waals surface area (Å²) in [7, 11) is 1.56. The van der Waals surface area contributed by atoms with E-state index in [2.05, 4.69) is 15.3 Å². The number of aromatic nitrogens is 2. The van der Waals surface area contributed by atoms with Crippen molar-refractivity contribution >= 4 is 22.4 Å². The molecule has 21 heavy (non-hydrogen) atoms. The molecule has 0 radical (unpaired) electrons. The highest BCUT2D eigenvalue weighted by Gasteiger charge is 2.14. The normalized spacial score (nSPS) is 12.0. The van der Waals surface area contributed by atoms with Crippen molar-refractivity contribution in [2.24, 2.45) is 0 Å². The molecule has 2 rings (SSSR count). The molecule has 1 unspecified atom stereocenters. The van der Waals surface area contributed by atoms with Gasteiger partial charge >= 0.3 is 6.09 Å². The zero-order chi connectivity index (χ0) is 15.2. The van der Waals surface area contributed by atoms with Crippen LogP contribution in [0.15, 0.2) is 24.5 Å². The minimum atomic E-state index is -0.510. The minimum absolute atomic E-state index is 0.305. The Morgan fingerprint density at radius 1 is 1.52 bits per heavy atom. The number of thiazole rings is 1. The second-order valence-corrected chi connectivity index (χ2v) is 5.47. The quantitative estimate of drug-likeness (QED) is 0.919. The monoisotopic (exact) mass is 307 g/mol. The fourth-order valence-corrected chi connectivity index (χ4v) is 2.64. The van der Waals surface area contributed by atoms with Crippen LogP contribution in [0, 0.1) is 6.92 Å². The van der Waals surface area contributed by atoms with Crippen molar-refractivity contribution in [1.82, 2.24) is 9.97 Å². The van der Waals surface area contributed by atoms with Crippen molar-refractivity contribution < 1.29 is 14.3 Å². The maximum atomic E-state index is 11.8. The number of carbonyl (C=O) groups is 1. The van der Waals surface area contributed by atoms with E-state index in [1.807, 2.05) is 19.1 Å². The van der Waals surface area contributed by atoms with E-state index in [4.69, 9.17) is 9.47 Å². The van der Waals surface area contributed by atoms with Crippen LogP contribution in [-0.2, 0) is 9.47 Å². The largest absolute Gasteiger partial charge is 0.444 e. The topological polar surface area (TPSA) is 73.3 Å². The van der Waals surface area contributed by atoms with Gasteiger partial charge in [0.25, 0.3) is 0 Å². The van der Waals surface area contributed by atoms with E-state index in [-0.39, 0.29) is 6.10 Å². The summed E-state index contributed by atoms with van der Waals surface area (Å²) >= 11 is 1.39. The van der Waals surface area contributed by atoms with Gasteiger partial charge in [-0.2, -0.15) is 0 Å². The molecule has 1 N–H and O–H groups in total. The number of hydrogen-bond acceptors (Lipinski definition) is 6. The molecule has 0 saturated heterocycles. The fraction of sp³-hybridized carbons (Fsp3) is 0.357. The molecule has 0 bridgehead atoms. The van der Waals surface area contributed by atoms with Crippen LogP contribution in [0.2, 0.25) is 0 Å². The van der Waals surface area contributed by atoms with E-state index < -0.39 is 6.09 Å². The number of ether oxygens (including phenoxy) is 2. The van der Waals surface area contributed by atoms with Gasteiger partial charge in [0.2, 0.25) is 0 Å². The second kappa shape index (κ2) is 7.14. The number of hydrogen-bond donors (Lipinski definition) is 1. The molecule has 7 heteroatoms. The molecule has 2 aromatic heterocycles. The third-order valence-electron chi connectivity index (χ3n) is 2.63. The van der Waals surface area contributed by atoms with Gasteiger partial charge in [0.15, 0.2) is 0 Å². The third kappa shape index (κ3) is 4.24. The van der Waals surface area contributed by atoms with Gasteiger partial charge in [0.05, 0.1) is 12.3 Å². The standard InChI is InChI=1S/C14H17N3O3S/c1-9(8-19-3)20-14(18)17-12-10(2)16-13(21-12)11-5-4-6-15-7-11/h4-7,9H,8H2,1-3H3,(H,17,18). The molecule has 0 aliphatic heterocycles. The number of anilines is 1. The first-order valence-electron chi connectivity index (χ1n) is 6.44. The summed E-state index contributed by atoms with van der Waals surface area (Å²) in [6.07, 6.45) is 2.63. The van der Waals surface area contributed by atoms with E-state index in [1.165, 1.54) is 11.3 Å². The summed E-state index contributed by atoms with van der Waals surface area (Å²) < 4.78 is 10.1. The lowest BCUT2D eigenvalue weighted by molar-refractivity contribution is 0.0564. The maximum Gasteiger partial charge on any atom is 0.412 e. The third-order valence-corrected chi connectivity index (χ3v) is 3.75. The Balaban J connectivity index is 2.05. The van der Waals surface area contributed by atoms with Crippen molar-refractivity contribution in [1.29, 1.82) is 0 Å². The predicted octanol–water partition coefficient (Wildman–Crippen LogP) is 3.10. The highest BCUT2D eigenvalue weighted by Crippen LogP contribution is 2.31. The summed E-state index contributed by atoms with van der Waals surface area (Å²) in [4.78, 5) is 20.3. The summed E-state index contributed by atoms with van der Waals surface area (Å²) in [5.41, 5.74) is 1.66. The summed E-state index contributed by atoms with van der Waals surface area (Å²) in [5, 5.41) is 4.18. The van der Waals surface area contributed by atoms with Gasteiger partial charge in [0, 0.05) is 25.1 Å². The molecule has 0 aliphatic rings. The highest BCUT2D eigenvalue weighted by atomic mass is 32.1. The second-order valence-electron chi connectivity index (χ2n) is 4.47. The molecule has 112 valence electrons. The zero-order valence-electron chi connectivity index (χ0n) is 12.1. The molecule has 1 amide bonds. The van der Waals surface area contributed by atoms with Gasteiger partial charge in [-0.05, 0) is 26.0 Å². The Morgan fingerprint density at radius 2 is 2.33 bits per heavy atom. The van der Waals surface area contributed by atoms with Gasteiger partial charge in [-0.25, -0.2) is 9.78 Å². The van der Waals surface area contributed by atoms with Gasteiger partial charge in [-0.1, -0.05) is 11.3 Å². The molecule has 0 aromatic carbocycles. The van der Waals surface area contributed by atoms with E-state index in [0.29, 0.717) is 11.6 Å². The zero-order valence-corrected chi connectivity index (χ0v) is 12.9. The first-order chi connectivity index (χ1) is 10.1. The van der Waals surface area contributed by atoms with Gasteiger partial charge in [-0.15, -0.1) is 0 Å². The van der Waals surface area contributed by atoms with Gasteiger partial charge in [-0.3, -0.25) is 10.3 Å². The van der Waals surface area contributed by atoms with E-state index in [9.17, 15) is 4.79 Å². The van der Waals surface area contributed by atoms with Crippen molar-refractivity contribution in [3.05, 3.63) is 30.2 Å². The molecule has 1 atom stereocenters. The molecule has 0 aliphatic carbocycles. The number of aryl methyl sites for hydroxylation is 1. The van der Waals surface area contributed by atoms with Crippen molar-refractivity contribution in [2.45, 2.75) is 20.0 Å². The average molecular weight is 307 g/mol. The van der Waals surface area contributed by atoms with E-state index >= 15 is 0 Å². The average Bonchev–Trinajstić information content (AvgIpc) is 2.81. The number of nitrogens with one attached hydrogen (secondary N) is 1. The molecule has 0 spiro atoms. The first-order valence-corrected chi connectivity index (χ1v) is 7.26. The molecular weight excluding hydrogens is 290 g/mol. The van der Waals surface area contributed by atoms with Crippen LogP contribution in [0.4, 0.5) is 9.80 Å². The van der Waals surface area contributed by atoms with Crippen LogP contribution >= 0.6 is 11.3 Å². The maximum absolute atomic E-state index is 11.8. The highest BCUT2D eigenvalue weighted by molar-refractivity contribution is 7.19. The van der Waals surface area contributed by atoms with E-state index in [0.717, 1.165) is 16.3 Å². The number of rotatable bonds is 5. The molecular formula is C14H17N3O3S. The SMILES string of the molecule is COCC(C)OC(=O)Nc1sc(-c2cccnc2)nc1C. The Bertz CT molecular complexity index is 601. The van der Waals surface area contributed by atoms with Crippen LogP contribution in [0.3, 0.4) is 0 Å². The summed E-state index contributed by atoms with van der Waals surface area (Å²) in [6.45, 7) is 3.96. The van der Waals surface area contributed by atoms with Crippen LogP contribution < -0.4 is 5.32 Å². The molecule has 2 heterocycles. The Labute approximate surface area is 127 Å². The number of nitrogens with zero attached hydrogens (tertiary/aromatic N) is 2. The van der Waals surface area contributed by atoms with Crippen LogP contribution in [0.5, 0.6) is 0 Å². The lowest BCUT2D eigenvalue weighted by Gasteiger charge is -2.12. The number of methoxy groups -OCH3 is 1. The van der Waals surface area contributed by atoms with Crippen LogP contribution in [-0.4, -0.2) is 35.9 Å². The van der Waals surface area contributed by atoms with Crippen molar-refractivity contribution in [2.75, 3.05) is 19.0 Å². The van der Waals surface area contributed by atoms with Gasteiger partial charge < -0.3 is 9.47 Å². The predicted molar refractivity (Wildman–Crippen MR) is 81.5 cm³/mol. The first kappa shape index (κ1) is 15.4.